The minimum Gasteiger partial charge on any atom is -0.378 e. The summed E-state index contributed by atoms with van der Waals surface area (Å²) in [5.41, 5.74) is 2.97. The van der Waals surface area contributed by atoms with Crippen LogP contribution in [0.25, 0.3) is 11.1 Å². The number of carbonyl (C=O) groups is 2. The number of carbonyl (C=O) groups excluding carboxylic acids is 2. The van der Waals surface area contributed by atoms with E-state index in [1.807, 2.05) is 54.6 Å². The lowest BCUT2D eigenvalue weighted by Gasteiger charge is -2.26. The second-order valence-electron chi connectivity index (χ2n) is 5.98. The molecule has 0 radical (unpaired) electrons. The van der Waals surface area contributed by atoms with E-state index in [0.29, 0.717) is 26.3 Å². The zero-order valence-corrected chi connectivity index (χ0v) is 14.1. The molecule has 1 aliphatic heterocycles. The molecule has 1 heterocycles. The first-order valence-corrected chi connectivity index (χ1v) is 8.53. The van der Waals surface area contributed by atoms with Gasteiger partial charge in [0.25, 0.3) is 0 Å². The topological polar surface area (TPSA) is 58.6 Å². The molecule has 0 spiro atoms. The van der Waals surface area contributed by atoms with Gasteiger partial charge < -0.3 is 15.0 Å². The molecule has 2 aromatic carbocycles. The second kappa shape index (κ2) is 8.44. The summed E-state index contributed by atoms with van der Waals surface area (Å²) in [6.45, 7) is 2.38. The summed E-state index contributed by atoms with van der Waals surface area (Å²) < 4.78 is 5.22. The molecule has 5 nitrogen and oxygen atoms in total. The predicted octanol–water partition coefficient (Wildman–Crippen LogP) is 2.93. The molecule has 1 saturated heterocycles. The quantitative estimate of drug-likeness (QED) is 0.912. The zero-order chi connectivity index (χ0) is 17.5. The first-order chi connectivity index (χ1) is 12.2. The van der Waals surface area contributed by atoms with Crippen molar-refractivity contribution < 1.29 is 14.3 Å². The summed E-state index contributed by atoms with van der Waals surface area (Å²) in [6, 6.07) is 17.8. The summed E-state index contributed by atoms with van der Waals surface area (Å²) >= 11 is 0. The minimum absolute atomic E-state index is 0.0119. The van der Waals surface area contributed by atoms with E-state index < -0.39 is 0 Å². The highest BCUT2D eigenvalue weighted by Crippen LogP contribution is 2.21. The molecule has 0 unspecified atom stereocenters. The third kappa shape index (κ3) is 4.90. The van der Waals surface area contributed by atoms with Crippen LogP contribution in [-0.4, -0.2) is 43.0 Å². The molecule has 0 saturated carbocycles. The van der Waals surface area contributed by atoms with Crippen molar-refractivity contribution in [3.05, 3.63) is 54.6 Å². The summed E-state index contributed by atoms with van der Waals surface area (Å²) in [5, 5.41) is 2.84. The van der Waals surface area contributed by atoms with Crippen molar-refractivity contribution in [1.29, 1.82) is 0 Å². The van der Waals surface area contributed by atoms with E-state index >= 15 is 0 Å². The number of hydrogen-bond acceptors (Lipinski definition) is 3. The van der Waals surface area contributed by atoms with Gasteiger partial charge in [-0.2, -0.15) is 0 Å². The zero-order valence-electron chi connectivity index (χ0n) is 14.1. The summed E-state index contributed by atoms with van der Waals surface area (Å²) in [4.78, 5) is 25.9. The minimum atomic E-state index is -0.144. The van der Waals surface area contributed by atoms with Gasteiger partial charge in [0.2, 0.25) is 11.8 Å². The van der Waals surface area contributed by atoms with Crippen molar-refractivity contribution in [3.8, 4) is 11.1 Å². The largest absolute Gasteiger partial charge is 0.378 e. The maximum atomic E-state index is 12.0. The molecule has 0 aliphatic carbocycles. The van der Waals surface area contributed by atoms with Gasteiger partial charge in [-0.05, 0) is 23.3 Å². The lowest BCUT2D eigenvalue weighted by Crippen LogP contribution is -2.40. The number of rotatable bonds is 5. The predicted molar refractivity (Wildman–Crippen MR) is 97.1 cm³/mol. The van der Waals surface area contributed by atoms with Crippen molar-refractivity contribution in [2.45, 2.75) is 12.8 Å². The molecular formula is C20H22N2O3. The fourth-order valence-corrected chi connectivity index (χ4v) is 2.79. The standard InChI is InChI=1S/C20H22N2O3/c23-19(10-11-20(24)22-12-14-25-15-13-22)21-18-8-6-17(7-9-18)16-4-2-1-3-5-16/h1-9H,10-15H2,(H,21,23). The Morgan fingerprint density at radius 3 is 2.20 bits per heavy atom. The van der Waals surface area contributed by atoms with Gasteiger partial charge in [0.05, 0.1) is 13.2 Å². The Bertz CT molecular complexity index is 707. The van der Waals surface area contributed by atoms with Gasteiger partial charge >= 0.3 is 0 Å². The van der Waals surface area contributed by atoms with Crippen LogP contribution in [0.3, 0.4) is 0 Å². The van der Waals surface area contributed by atoms with E-state index in [-0.39, 0.29) is 24.7 Å². The van der Waals surface area contributed by atoms with Crippen LogP contribution in [0.5, 0.6) is 0 Å². The van der Waals surface area contributed by atoms with Gasteiger partial charge in [0, 0.05) is 31.6 Å². The SMILES string of the molecule is O=C(CCC(=O)N1CCOCC1)Nc1ccc(-c2ccccc2)cc1. The highest BCUT2D eigenvalue weighted by molar-refractivity contribution is 5.93. The van der Waals surface area contributed by atoms with Crippen molar-refractivity contribution in [1.82, 2.24) is 4.90 Å². The summed E-state index contributed by atoms with van der Waals surface area (Å²) in [5.74, 6) is -0.132. The number of morpholine rings is 1. The first-order valence-electron chi connectivity index (χ1n) is 8.53. The Morgan fingerprint density at radius 2 is 1.52 bits per heavy atom. The highest BCUT2D eigenvalue weighted by atomic mass is 16.5. The van der Waals surface area contributed by atoms with Crippen LogP contribution in [0.4, 0.5) is 5.69 Å². The van der Waals surface area contributed by atoms with Gasteiger partial charge in [-0.25, -0.2) is 0 Å². The van der Waals surface area contributed by atoms with Crippen LogP contribution in [0.1, 0.15) is 12.8 Å². The number of anilines is 1. The Hall–Kier alpha value is -2.66. The number of amides is 2. The fourth-order valence-electron chi connectivity index (χ4n) is 2.79. The van der Waals surface area contributed by atoms with Gasteiger partial charge in [-0.1, -0.05) is 42.5 Å². The van der Waals surface area contributed by atoms with Crippen LogP contribution in [0.2, 0.25) is 0 Å². The summed E-state index contributed by atoms with van der Waals surface area (Å²) in [6.07, 6.45) is 0.421. The van der Waals surface area contributed by atoms with Crippen LogP contribution >= 0.6 is 0 Å². The molecule has 2 amide bonds. The highest BCUT2D eigenvalue weighted by Gasteiger charge is 2.17. The average molecular weight is 338 g/mol. The molecule has 1 aliphatic rings. The second-order valence-corrected chi connectivity index (χ2v) is 5.98. The molecular weight excluding hydrogens is 316 g/mol. The Morgan fingerprint density at radius 1 is 0.880 bits per heavy atom. The van der Waals surface area contributed by atoms with Crippen LogP contribution < -0.4 is 5.32 Å². The monoisotopic (exact) mass is 338 g/mol. The van der Waals surface area contributed by atoms with Crippen LogP contribution in [0.15, 0.2) is 54.6 Å². The molecule has 3 rings (SSSR count). The Labute approximate surface area is 147 Å². The third-order valence-corrected chi connectivity index (χ3v) is 4.21. The number of ether oxygens (including phenoxy) is 1. The van der Waals surface area contributed by atoms with Crippen LogP contribution in [-0.2, 0) is 14.3 Å². The number of hydrogen-bond donors (Lipinski definition) is 1. The van der Waals surface area contributed by atoms with Gasteiger partial charge in [0.1, 0.15) is 0 Å². The third-order valence-electron chi connectivity index (χ3n) is 4.21. The number of benzene rings is 2. The molecule has 130 valence electrons. The molecule has 0 atom stereocenters. The average Bonchev–Trinajstić information content (AvgIpc) is 2.68. The normalized spacial score (nSPS) is 14.2. The molecule has 5 heteroatoms. The number of nitrogens with one attached hydrogen (secondary N) is 1. The van der Waals surface area contributed by atoms with Crippen LogP contribution in [0, 0.1) is 0 Å². The van der Waals surface area contributed by atoms with E-state index in [9.17, 15) is 9.59 Å². The van der Waals surface area contributed by atoms with E-state index in [1.54, 1.807) is 4.90 Å². The maximum absolute atomic E-state index is 12.0. The molecule has 1 N–H and O–H groups in total. The molecule has 0 bridgehead atoms. The van der Waals surface area contributed by atoms with Crippen molar-refractivity contribution in [2.24, 2.45) is 0 Å². The van der Waals surface area contributed by atoms with Gasteiger partial charge in [-0.3, -0.25) is 9.59 Å². The summed E-state index contributed by atoms with van der Waals surface area (Å²) in [7, 11) is 0. The Balaban J connectivity index is 1.48. The first kappa shape index (κ1) is 17.2. The Kier molecular flexibility index (Phi) is 5.80. The fraction of sp³-hybridized carbons (Fsp3) is 0.300. The van der Waals surface area contributed by atoms with Gasteiger partial charge in [0.15, 0.2) is 0 Å². The number of nitrogens with zero attached hydrogens (tertiary/aromatic N) is 1. The smallest absolute Gasteiger partial charge is 0.224 e. The molecule has 25 heavy (non-hydrogen) atoms. The lowest BCUT2D eigenvalue weighted by atomic mass is 10.1. The molecule has 1 fully saturated rings. The van der Waals surface area contributed by atoms with E-state index in [2.05, 4.69) is 5.32 Å². The van der Waals surface area contributed by atoms with E-state index in [0.717, 1.165) is 16.8 Å². The van der Waals surface area contributed by atoms with Gasteiger partial charge in [-0.15, -0.1) is 0 Å². The lowest BCUT2D eigenvalue weighted by molar-refractivity contribution is -0.136. The maximum Gasteiger partial charge on any atom is 0.224 e. The van der Waals surface area contributed by atoms with E-state index in [4.69, 9.17) is 4.74 Å². The van der Waals surface area contributed by atoms with E-state index in [1.165, 1.54) is 0 Å². The van der Waals surface area contributed by atoms with Crippen molar-refractivity contribution >= 4 is 17.5 Å². The molecule has 0 aromatic heterocycles. The van der Waals surface area contributed by atoms with Crippen molar-refractivity contribution in [3.63, 3.8) is 0 Å². The van der Waals surface area contributed by atoms with Crippen molar-refractivity contribution in [2.75, 3.05) is 31.6 Å². The molecule has 2 aromatic rings.